The third-order valence-corrected chi connectivity index (χ3v) is 4.00. The Morgan fingerprint density at radius 2 is 1.96 bits per heavy atom. The van der Waals surface area contributed by atoms with Gasteiger partial charge in [-0.2, -0.15) is 0 Å². The minimum atomic E-state index is -0.769. The quantitative estimate of drug-likeness (QED) is 0.357. The van der Waals surface area contributed by atoms with Gasteiger partial charge in [-0.05, 0) is 36.8 Å². The zero-order valence-electron chi connectivity index (χ0n) is 14.8. The van der Waals surface area contributed by atoms with Gasteiger partial charge in [0.05, 0.1) is 10.5 Å². The molecule has 0 saturated carbocycles. The summed E-state index contributed by atoms with van der Waals surface area (Å²) in [6, 6.07) is 12.1. The van der Waals surface area contributed by atoms with Crippen LogP contribution in [0.5, 0.6) is 0 Å². The highest BCUT2D eigenvalue weighted by Gasteiger charge is 2.35. The van der Waals surface area contributed by atoms with Gasteiger partial charge in [0.15, 0.2) is 0 Å². The first-order chi connectivity index (χ1) is 13.3. The molecule has 0 aromatic heterocycles. The lowest BCUT2D eigenvalue weighted by atomic mass is 10.1. The van der Waals surface area contributed by atoms with Crippen LogP contribution in [-0.4, -0.2) is 34.2 Å². The average molecular weight is 380 g/mol. The Morgan fingerprint density at radius 1 is 1.21 bits per heavy atom. The Balaban J connectivity index is 1.75. The molecular formula is C19H16N4O5. The van der Waals surface area contributed by atoms with Crippen LogP contribution in [0.2, 0.25) is 0 Å². The third kappa shape index (κ3) is 4.04. The molecule has 2 aromatic carbocycles. The summed E-state index contributed by atoms with van der Waals surface area (Å²) in [5, 5.41) is 16.0. The topological polar surface area (TPSA) is 122 Å². The number of hydrogen-bond donors (Lipinski definition) is 2. The monoisotopic (exact) mass is 380 g/mol. The van der Waals surface area contributed by atoms with Gasteiger partial charge in [-0.15, -0.1) is 0 Å². The lowest BCUT2D eigenvalue weighted by molar-refractivity contribution is -0.385. The van der Waals surface area contributed by atoms with Gasteiger partial charge in [0, 0.05) is 11.8 Å². The molecule has 0 atom stereocenters. The Hall–Kier alpha value is -4.01. The fourth-order valence-electron chi connectivity index (χ4n) is 2.71. The first-order valence-corrected chi connectivity index (χ1v) is 8.29. The largest absolute Gasteiger partial charge is 0.329 e. The van der Waals surface area contributed by atoms with Crippen molar-refractivity contribution in [3.63, 3.8) is 0 Å². The van der Waals surface area contributed by atoms with Gasteiger partial charge in [0.1, 0.15) is 12.2 Å². The van der Waals surface area contributed by atoms with E-state index in [0.29, 0.717) is 5.69 Å². The average Bonchev–Trinajstić information content (AvgIpc) is 2.89. The summed E-state index contributed by atoms with van der Waals surface area (Å²) in [5.41, 5.74) is 1.33. The molecule has 9 heteroatoms. The third-order valence-electron chi connectivity index (χ3n) is 4.00. The predicted octanol–water partition coefficient (Wildman–Crippen LogP) is 2.43. The minimum Gasteiger partial charge on any atom is -0.325 e. The number of aryl methyl sites for hydroxylation is 1. The van der Waals surface area contributed by atoms with Gasteiger partial charge in [0.25, 0.3) is 11.6 Å². The minimum absolute atomic E-state index is 0.136. The molecule has 0 unspecified atom stereocenters. The van der Waals surface area contributed by atoms with E-state index in [0.717, 1.165) is 10.5 Å². The van der Waals surface area contributed by atoms with Crippen molar-refractivity contribution in [3.8, 4) is 0 Å². The van der Waals surface area contributed by atoms with Crippen molar-refractivity contribution < 1.29 is 19.3 Å². The lowest BCUT2D eigenvalue weighted by Crippen LogP contribution is -2.38. The smallest absolute Gasteiger partial charge is 0.325 e. The number of carbonyl (C=O) groups is 3. The van der Waals surface area contributed by atoms with Gasteiger partial charge >= 0.3 is 6.03 Å². The molecule has 3 rings (SSSR count). The maximum atomic E-state index is 12.5. The van der Waals surface area contributed by atoms with E-state index in [9.17, 15) is 24.5 Å². The first kappa shape index (κ1) is 18.8. The first-order valence-electron chi connectivity index (χ1n) is 8.29. The molecule has 1 saturated heterocycles. The van der Waals surface area contributed by atoms with Gasteiger partial charge < -0.3 is 10.6 Å². The van der Waals surface area contributed by atoms with Crippen molar-refractivity contribution >= 4 is 35.3 Å². The highest BCUT2D eigenvalue weighted by molar-refractivity contribution is 6.16. The van der Waals surface area contributed by atoms with Crippen LogP contribution in [0.3, 0.4) is 0 Å². The highest BCUT2D eigenvalue weighted by atomic mass is 16.6. The number of anilines is 1. The van der Waals surface area contributed by atoms with Crippen LogP contribution in [0.15, 0.2) is 54.2 Å². The number of para-hydroxylation sites is 1. The number of nitrogens with zero attached hydrogens (tertiary/aromatic N) is 2. The second kappa shape index (κ2) is 7.70. The Bertz CT molecular complexity index is 1010. The molecule has 0 bridgehead atoms. The van der Waals surface area contributed by atoms with Crippen LogP contribution in [0.25, 0.3) is 6.08 Å². The molecule has 1 aliphatic rings. The number of rotatable bonds is 5. The summed E-state index contributed by atoms with van der Waals surface area (Å²) in [6.45, 7) is 1.39. The van der Waals surface area contributed by atoms with Crippen LogP contribution in [0.4, 0.5) is 16.2 Å². The Labute approximate surface area is 159 Å². The second-order valence-electron chi connectivity index (χ2n) is 6.11. The standard InChI is InChI=1S/C19H16N4O5/c1-12-5-4-7-14(9-12)20-17(24)11-22-18(25)15(21-19(22)26)10-13-6-2-3-8-16(13)23(27)28/h2-10H,11H2,1H3,(H,20,24)(H,21,26)/b15-10+. The van der Waals surface area contributed by atoms with Crippen molar-refractivity contribution in [2.24, 2.45) is 0 Å². The maximum absolute atomic E-state index is 12.5. The van der Waals surface area contributed by atoms with Crippen molar-refractivity contribution in [3.05, 3.63) is 75.5 Å². The molecule has 2 N–H and O–H groups in total. The molecule has 1 aliphatic heterocycles. The molecule has 4 amide bonds. The summed E-state index contributed by atoms with van der Waals surface area (Å²) in [6.07, 6.45) is 1.22. The van der Waals surface area contributed by atoms with E-state index in [1.807, 2.05) is 13.0 Å². The number of benzene rings is 2. The number of nitrogens with one attached hydrogen (secondary N) is 2. The molecule has 0 spiro atoms. The number of amides is 4. The van der Waals surface area contributed by atoms with Crippen LogP contribution in [0.1, 0.15) is 11.1 Å². The van der Waals surface area contributed by atoms with E-state index < -0.39 is 29.3 Å². The predicted molar refractivity (Wildman–Crippen MR) is 101 cm³/mol. The summed E-state index contributed by atoms with van der Waals surface area (Å²) >= 11 is 0. The van der Waals surface area contributed by atoms with E-state index in [2.05, 4.69) is 10.6 Å². The van der Waals surface area contributed by atoms with Gasteiger partial charge in [-0.25, -0.2) is 9.69 Å². The number of imide groups is 1. The van der Waals surface area contributed by atoms with Crippen molar-refractivity contribution in [1.82, 2.24) is 10.2 Å². The van der Waals surface area contributed by atoms with E-state index in [-0.39, 0.29) is 16.9 Å². The fraction of sp³-hybridized carbons (Fsp3) is 0.105. The summed E-state index contributed by atoms with van der Waals surface area (Å²) < 4.78 is 0. The summed E-state index contributed by atoms with van der Waals surface area (Å²) in [5.74, 6) is -1.27. The van der Waals surface area contributed by atoms with Crippen molar-refractivity contribution in [1.29, 1.82) is 0 Å². The van der Waals surface area contributed by atoms with Gasteiger partial charge in [0.2, 0.25) is 5.91 Å². The van der Waals surface area contributed by atoms with Crippen LogP contribution < -0.4 is 10.6 Å². The van der Waals surface area contributed by atoms with Crippen LogP contribution in [-0.2, 0) is 9.59 Å². The number of nitro benzene ring substituents is 1. The lowest BCUT2D eigenvalue weighted by Gasteiger charge is -2.12. The molecule has 2 aromatic rings. The van der Waals surface area contributed by atoms with E-state index >= 15 is 0 Å². The van der Waals surface area contributed by atoms with E-state index in [1.165, 1.54) is 24.3 Å². The number of urea groups is 1. The molecule has 0 radical (unpaired) electrons. The summed E-state index contributed by atoms with van der Waals surface area (Å²) in [7, 11) is 0. The molecule has 1 heterocycles. The Kier molecular flexibility index (Phi) is 5.16. The molecule has 28 heavy (non-hydrogen) atoms. The number of nitro groups is 1. The number of carbonyl (C=O) groups excluding carboxylic acids is 3. The highest BCUT2D eigenvalue weighted by Crippen LogP contribution is 2.22. The van der Waals surface area contributed by atoms with Crippen molar-refractivity contribution in [2.75, 3.05) is 11.9 Å². The van der Waals surface area contributed by atoms with Gasteiger partial charge in [-0.1, -0.05) is 24.3 Å². The second-order valence-corrected chi connectivity index (χ2v) is 6.11. The molecule has 142 valence electrons. The zero-order chi connectivity index (χ0) is 20.3. The number of hydrogen-bond acceptors (Lipinski definition) is 5. The molecule has 0 aliphatic carbocycles. The van der Waals surface area contributed by atoms with E-state index in [1.54, 1.807) is 24.3 Å². The van der Waals surface area contributed by atoms with E-state index in [4.69, 9.17) is 0 Å². The van der Waals surface area contributed by atoms with Crippen LogP contribution in [0, 0.1) is 17.0 Å². The van der Waals surface area contributed by atoms with Crippen molar-refractivity contribution in [2.45, 2.75) is 6.92 Å². The molecule has 9 nitrogen and oxygen atoms in total. The molecule has 1 fully saturated rings. The Morgan fingerprint density at radius 3 is 2.68 bits per heavy atom. The summed E-state index contributed by atoms with van der Waals surface area (Å²) in [4.78, 5) is 48.0. The molecular weight excluding hydrogens is 364 g/mol. The van der Waals surface area contributed by atoms with Crippen LogP contribution >= 0.6 is 0 Å². The maximum Gasteiger partial charge on any atom is 0.329 e. The SMILES string of the molecule is Cc1cccc(NC(=O)CN2C(=O)N/C(=C/c3ccccc3[N+](=O)[O-])C2=O)c1. The zero-order valence-corrected chi connectivity index (χ0v) is 14.8. The normalized spacial score (nSPS) is 14.9. The fourth-order valence-corrected chi connectivity index (χ4v) is 2.71. The van der Waals surface area contributed by atoms with Gasteiger partial charge in [-0.3, -0.25) is 19.7 Å².